The van der Waals surface area contributed by atoms with Crippen molar-refractivity contribution >= 4 is 49.5 Å². The molecule has 2 rings (SSSR count). The summed E-state index contributed by atoms with van der Waals surface area (Å²) in [6.07, 6.45) is 0. The Morgan fingerprint density at radius 2 is 2.00 bits per heavy atom. The van der Waals surface area contributed by atoms with Crippen LogP contribution in [0.5, 0.6) is 0 Å². The summed E-state index contributed by atoms with van der Waals surface area (Å²) >= 11 is 8.75. The average molecular weight is 379 g/mol. The van der Waals surface area contributed by atoms with Gasteiger partial charge in [-0.05, 0) is 18.2 Å². The Labute approximate surface area is 122 Å². The van der Waals surface area contributed by atoms with E-state index in [2.05, 4.69) is 38.8 Å². The summed E-state index contributed by atoms with van der Waals surface area (Å²) in [7, 11) is 0. The van der Waals surface area contributed by atoms with Gasteiger partial charge in [0.05, 0.1) is 0 Å². The third-order valence-corrected chi connectivity index (χ3v) is 4.69. The van der Waals surface area contributed by atoms with Crippen LogP contribution in [0.25, 0.3) is 0 Å². The van der Waals surface area contributed by atoms with Gasteiger partial charge in [-0.15, -0.1) is 0 Å². The number of halogens is 2. The number of carbonyl (C=O) groups excluding carboxylic acids is 1. The Hall–Kier alpha value is -0.000000000000000111. The fourth-order valence-corrected chi connectivity index (χ4v) is 4.17. The number of carbonyl (C=O) groups is 1. The smallest absolute Gasteiger partial charge is 0.253 e. The van der Waals surface area contributed by atoms with E-state index in [0.29, 0.717) is 5.25 Å². The van der Waals surface area contributed by atoms with Crippen LogP contribution in [0.3, 0.4) is 0 Å². The normalized spacial score (nSPS) is 20.4. The van der Waals surface area contributed by atoms with Gasteiger partial charge in [0, 0.05) is 38.6 Å². The number of nitrogens with zero attached hydrogens (tertiary/aromatic N) is 1. The van der Waals surface area contributed by atoms with Gasteiger partial charge in [-0.3, -0.25) is 4.79 Å². The van der Waals surface area contributed by atoms with Gasteiger partial charge in [-0.2, -0.15) is 11.8 Å². The first-order valence-electron chi connectivity index (χ1n) is 5.43. The molecule has 1 saturated heterocycles. The van der Waals surface area contributed by atoms with Crippen LogP contribution in [0.15, 0.2) is 27.1 Å². The van der Waals surface area contributed by atoms with Gasteiger partial charge in [-0.1, -0.05) is 38.8 Å². The molecular weight excluding hydrogens is 366 g/mol. The number of hydrogen-bond donors (Lipinski definition) is 0. The van der Waals surface area contributed by atoms with Crippen molar-refractivity contribution in [2.24, 2.45) is 0 Å². The molecule has 0 bridgehead atoms. The summed E-state index contributed by atoms with van der Waals surface area (Å²) in [5.41, 5.74) is 0.741. The molecule has 0 radical (unpaired) electrons. The monoisotopic (exact) mass is 377 g/mol. The SMILES string of the molecule is CC1CN(C(=O)c2cc(Br)cc(Br)c2)CCS1. The van der Waals surface area contributed by atoms with Gasteiger partial charge in [0.2, 0.25) is 0 Å². The molecule has 1 aromatic rings. The second-order valence-electron chi connectivity index (χ2n) is 4.09. The Bertz CT molecular complexity index is 418. The van der Waals surface area contributed by atoms with Crippen LogP contribution in [0.4, 0.5) is 0 Å². The molecular formula is C12H13Br2NOS. The Morgan fingerprint density at radius 3 is 2.59 bits per heavy atom. The number of hydrogen-bond acceptors (Lipinski definition) is 2. The van der Waals surface area contributed by atoms with Crippen molar-refractivity contribution in [3.8, 4) is 0 Å². The lowest BCUT2D eigenvalue weighted by Crippen LogP contribution is -2.41. The molecule has 0 N–H and O–H groups in total. The number of rotatable bonds is 1. The van der Waals surface area contributed by atoms with Crippen molar-refractivity contribution in [3.63, 3.8) is 0 Å². The van der Waals surface area contributed by atoms with Crippen LogP contribution < -0.4 is 0 Å². The molecule has 1 fully saturated rings. The summed E-state index contributed by atoms with van der Waals surface area (Å²) in [5, 5.41) is 0.531. The lowest BCUT2D eigenvalue weighted by atomic mass is 10.2. The van der Waals surface area contributed by atoms with E-state index in [-0.39, 0.29) is 5.91 Å². The molecule has 5 heteroatoms. The molecule has 92 valence electrons. The first-order chi connectivity index (χ1) is 8.06. The van der Waals surface area contributed by atoms with Crippen molar-refractivity contribution in [3.05, 3.63) is 32.7 Å². The van der Waals surface area contributed by atoms with Crippen LogP contribution in [-0.4, -0.2) is 34.9 Å². The van der Waals surface area contributed by atoms with E-state index in [4.69, 9.17) is 0 Å². The zero-order chi connectivity index (χ0) is 12.4. The average Bonchev–Trinajstić information content (AvgIpc) is 2.26. The molecule has 1 atom stereocenters. The molecule has 1 heterocycles. The summed E-state index contributed by atoms with van der Waals surface area (Å²) in [6.45, 7) is 3.85. The second-order valence-corrected chi connectivity index (χ2v) is 7.47. The Kier molecular flexibility index (Phi) is 4.55. The highest BCUT2D eigenvalue weighted by molar-refractivity contribution is 9.11. The van der Waals surface area contributed by atoms with Crippen LogP contribution in [0.1, 0.15) is 17.3 Å². The van der Waals surface area contributed by atoms with E-state index in [0.717, 1.165) is 33.4 Å². The first-order valence-corrected chi connectivity index (χ1v) is 8.06. The third-order valence-electron chi connectivity index (χ3n) is 2.64. The third kappa shape index (κ3) is 3.48. The zero-order valence-electron chi connectivity index (χ0n) is 9.45. The lowest BCUT2D eigenvalue weighted by Gasteiger charge is -2.30. The van der Waals surface area contributed by atoms with Crippen molar-refractivity contribution in [1.82, 2.24) is 4.90 Å². The van der Waals surface area contributed by atoms with E-state index >= 15 is 0 Å². The molecule has 1 amide bonds. The Morgan fingerprint density at radius 1 is 1.35 bits per heavy atom. The van der Waals surface area contributed by atoms with Crippen LogP contribution in [-0.2, 0) is 0 Å². The molecule has 0 aliphatic carbocycles. The lowest BCUT2D eigenvalue weighted by molar-refractivity contribution is 0.0763. The largest absolute Gasteiger partial charge is 0.337 e. The molecule has 2 nitrogen and oxygen atoms in total. The summed E-state index contributed by atoms with van der Waals surface area (Å²) in [5.74, 6) is 1.15. The van der Waals surface area contributed by atoms with E-state index in [1.165, 1.54) is 0 Å². The van der Waals surface area contributed by atoms with Crippen molar-refractivity contribution < 1.29 is 4.79 Å². The molecule has 0 saturated carbocycles. The highest BCUT2D eigenvalue weighted by Gasteiger charge is 2.22. The van der Waals surface area contributed by atoms with Crippen molar-refractivity contribution in [2.75, 3.05) is 18.8 Å². The predicted molar refractivity (Wildman–Crippen MR) is 79.7 cm³/mol. The maximum atomic E-state index is 12.3. The quantitative estimate of drug-likeness (QED) is 0.740. The van der Waals surface area contributed by atoms with Crippen molar-refractivity contribution in [1.29, 1.82) is 0 Å². The minimum absolute atomic E-state index is 0.124. The van der Waals surface area contributed by atoms with Gasteiger partial charge < -0.3 is 4.90 Å². The molecule has 0 aromatic heterocycles. The fraction of sp³-hybridized carbons (Fsp3) is 0.417. The summed E-state index contributed by atoms with van der Waals surface area (Å²) in [4.78, 5) is 14.3. The second kappa shape index (κ2) is 5.76. The highest BCUT2D eigenvalue weighted by Crippen LogP contribution is 2.23. The van der Waals surface area contributed by atoms with Gasteiger partial charge in [-0.25, -0.2) is 0 Å². The first kappa shape index (κ1) is 13.4. The maximum Gasteiger partial charge on any atom is 0.253 e. The van der Waals surface area contributed by atoms with Gasteiger partial charge in [0.25, 0.3) is 5.91 Å². The van der Waals surface area contributed by atoms with Crippen LogP contribution >= 0.6 is 43.6 Å². The fourth-order valence-electron chi connectivity index (χ4n) is 1.86. The molecule has 17 heavy (non-hydrogen) atoms. The zero-order valence-corrected chi connectivity index (χ0v) is 13.4. The molecule has 0 spiro atoms. The standard InChI is InChI=1S/C12H13Br2NOS/c1-8-7-15(2-3-17-8)12(16)9-4-10(13)6-11(14)5-9/h4-6,8H,2-3,7H2,1H3. The van der Waals surface area contributed by atoms with E-state index in [9.17, 15) is 4.79 Å². The maximum absolute atomic E-state index is 12.3. The molecule has 1 aromatic carbocycles. The Balaban J connectivity index is 2.18. The van der Waals surface area contributed by atoms with Crippen LogP contribution in [0.2, 0.25) is 0 Å². The molecule has 1 aliphatic rings. The topological polar surface area (TPSA) is 20.3 Å². The van der Waals surface area contributed by atoms with Crippen LogP contribution in [0, 0.1) is 0 Å². The van der Waals surface area contributed by atoms with Gasteiger partial charge in [0.1, 0.15) is 0 Å². The number of thioether (sulfide) groups is 1. The molecule has 1 unspecified atom stereocenters. The van der Waals surface area contributed by atoms with E-state index in [1.54, 1.807) is 0 Å². The van der Waals surface area contributed by atoms with Gasteiger partial charge >= 0.3 is 0 Å². The highest BCUT2D eigenvalue weighted by atomic mass is 79.9. The predicted octanol–water partition coefficient (Wildman–Crippen LogP) is 3.79. The minimum Gasteiger partial charge on any atom is -0.337 e. The number of benzene rings is 1. The van der Waals surface area contributed by atoms with Gasteiger partial charge in [0.15, 0.2) is 0 Å². The minimum atomic E-state index is 0.124. The summed E-state index contributed by atoms with van der Waals surface area (Å²) in [6, 6.07) is 5.68. The van der Waals surface area contributed by atoms with E-state index in [1.807, 2.05) is 34.9 Å². The van der Waals surface area contributed by atoms with E-state index < -0.39 is 0 Å². The van der Waals surface area contributed by atoms with Crippen molar-refractivity contribution in [2.45, 2.75) is 12.2 Å². The molecule has 1 aliphatic heterocycles. The summed E-state index contributed by atoms with van der Waals surface area (Å²) < 4.78 is 1.85. The number of amides is 1.